The summed E-state index contributed by atoms with van der Waals surface area (Å²) in [6.45, 7) is 0. The Morgan fingerprint density at radius 2 is 1.20 bits per heavy atom. The third kappa shape index (κ3) is 4.74. The Bertz CT molecular complexity index is 2130. The van der Waals surface area contributed by atoms with Crippen molar-refractivity contribution >= 4 is 45.2 Å². The largest absolute Gasteiger partial charge is 0.338 e. The highest BCUT2D eigenvalue weighted by Gasteiger charge is 2.28. The van der Waals surface area contributed by atoms with Crippen molar-refractivity contribution in [1.82, 2.24) is 9.13 Å². The van der Waals surface area contributed by atoms with Gasteiger partial charge in [-0.25, -0.2) is 4.79 Å². The second-order valence-electron chi connectivity index (χ2n) is 10.1. The molecule has 222 valence electrons. The summed E-state index contributed by atoms with van der Waals surface area (Å²) in [5.41, 5.74) is 8.87. The predicted octanol–water partition coefficient (Wildman–Crippen LogP) is 6.72. The van der Waals surface area contributed by atoms with Gasteiger partial charge in [0.25, 0.3) is 0 Å². The monoisotopic (exact) mass is 596 g/mol. The maximum Gasteiger partial charge on any atom is 0.338 e. The second kappa shape index (κ2) is 11.6. The maximum absolute atomic E-state index is 14.3. The third-order valence-corrected chi connectivity index (χ3v) is 7.58. The van der Waals surface area contributed by atoms with E-state index in [1.54, 1.807) is 26.2 Å². The number of nitrogens with one attached hydrogen (secondary N) is 1. The molecule has 0 saturated carbocycles. The molecule has 0 radical (unpaired) electrons. The van der Waals surface area contributed by atoms with Crippen molar-refractivity contribution in [2.45, 2.75) is 0 Å². The number of aromatic nitrogens is 2. The molecule has 1 aliphatic heterocycles. The molecule has 7 rings (SSSR count). The number of fused-ring (bicyclic) bond motifs is 2. The standard InChI is InChI=1S/C35H28N6O4/c1-44-36-27-23-34(41(43)45-2)33(38-22-21-37(25-13-5-3-6-14-25)28-17-9-10-18-29(28)38)24-32(27)40-31-20-12-11-19-30(31)39(35(40)42)26-15-7-4-8-16-26/h3-20,23-24,36,43H,1-2H3. The quantitative estimate of drug-likeness (QED) is 0.148. The zero-order valence-electron chi connectivity index (χ0n) is 24.5. The molecule has 2 heterocycles. The lowest BCUT2D eigenvalue weighted by atomic mass is 10.1. The van der Waals surface area contributed by atoms with Crippen LogP contribution < -0.4 is 26.2 Å². The van der Waals surface area contributed by atoms with Gasteiger partial charge in [-0.2, -0.15) is 0 Å². The van der Waals surface area contributed by atoms with Crippen molar-refractivity contribution in [1.29, 1.82) is 0 Å². The van der Waals surface area contributed by atoms with Crippen LogP contribution in [-0.4, -0.2) is 28.6 Å². The van der Waals surface area contributed by atoms with Gasteiger partial charge in [-0.1, -0.05) is 60.7 Å². The van der Waals surface area contributed by atoms with Gasteiger partial charge in [0.05, 0.1) is 65.1 Å². The lowest BCUT2D eigenvalue weighted by Gasteiger charge is -2.32. The highest BCUT2D eigenvalue weighted by Crippen LogP contribution is 2.45. The van der Waals surface area contributed by atoms with E-state index in [0.29, 0.717) is 27.8 Å². The van der Waals surface area contributed by atoms with Gasteiger partial charge in [-0.15, -0.1) is 5.23 Å². The first-order chi connectivity index (χ1) is 22.1. The van der Waals surface area contributed by atoms with E-state index in [9.17, 15) is 10.0 Å². The molecule has 1 aliphatic rings. The number of hydrogen-bond acceptors (Lipinski definition) is 8. The van der Waals surface area contributed by atoms with E-state index in [0.717, 1.165) is 28.3 Å². The van der Waals surface area contributed by atoms with Gasteiger partial charge in [0, 0.05) is 12.1 Å². The first-order valence-electron chi connectivity index (χ1n) is 14.1. The Balaban J connectivity index is 1.50. The fraction of sp³-hybridized carbons (Fsp3) is 0.0571. The van der Waals surface area contributed by atoms with E-state index < -0.39 is 0 Å². The minimum absolute atomic E-state index is 0.262. The number of anilines is 6. The van der Waals surface area contributed by atoms with E-state index in [1.165, 1.54) is 14.2 Å². The van der Waals surface area contributed by atoms with Crippen LogP contribution in [0.15, 0.2) is 126 Å². The maximum atomic E-state index is 14.3. The van der Waals surface area contributed by atoms with Crippen LogP contribution in [0.25, 0.3) is 22.4 Å². The lowest BCUT2D eigenvalue weighted by molar-refractivity contribution is -0.0106. The molecule has 0 bridgehead atoms. The summed E-state index contributed by atoms with van der Waals surface area (Å²) in [6, 6.07) is 44.6. The van der Waals surface area contributed by atoms with Crippen LogP contribution in [0, 0.1) is 12.1 Å². The van der Waals surface area contributed by atoms with Crippen LogP contribution >= 0.6 is 0 Å². The molecule has 5 aromatic carbocycles. The molecule has 0 atom stereocenters. The Labute approximate surface area is 259 Å². The van der Waals surface area contributed by atoms with E-state index >= 15 is 0 Å². The Hall–Kier alpha value is -5.99. The summed E-state index contributed by atoms with van der Waals surface area (Å²) in [5, 5.41) is 11.6. The number of benzene rings is 5. The van der Waals surface area contributed by atoms with Crippen molar-refractivity contribution < 1.29 is 14.9 Å². The number of rotatable bonds is 8. The molecule has 10 nitrogen and oxygen atoms in total. The summed E-state index contributed by atoms with van der Waals surface area (Å²) in [7, 11) is 2.83. The summed E-state index contributed by atoms with van der Waals surface area (Å²) >= 11 is 0. The van der Waals surface area contributed by atoms with Crippen molar-refractivity contribution in [3.8, 4) is 23.5 Å². The van der Waals surface area contributed by atoms with Crippen LogP contribution in [0.1, 0.15) is 0 Å². The molecule has 2 N–H and O–H groups in total. The molecule has 0 aliphatic carbocycles. The Kier molecular flexibility index (Phi) is 7.17. The third-order valence-electron chi connectivity index (χ3n) is 7.58. The second-order valence-corrected chi connectivity index (χ2v) is 10.1. The Morgan fingerprint density at radius 3 is 1.84 bits per heavy atom. The molecule has 6 aromatic rings. The van der Waals surface area contributed by atoms with E-state index in [4.69, 9.17) is 9.68 Å². The van der Waals surface area contributed by atoms with Gasteiger partial charge in [0.1, 0.15) is 5.69 Å². The van der Waals surface area contributed by atoms with E-state index in [-0.39, 0.29) is 11.4 Å². The van der Waals surface area contributed by atoms with E-state index in [2.05, 4.69) is 17.6 Å². The average Bonchev–Trinajstić information content (AvgIpc) is 3.39. The number of para-hydroxylation sites is 6. The first-order valence-corrected chi connectivity index (χ1v) is 14.1. The van der Waals surface area contributed by atoms with Gasteiger partial charge in [-0.05, 0) is 60.7 Å². The first kappa shape index (κ1) is 27.8. The molecule has 0 saturated heterocycles. The number of imidazole rings is 1. The highest BCUT2D eigenvalue weighted by atomic mass is 16.9. The molecule has 0 spiro atoms. The normalized spacial score (nSPS) is 12.1. The summed E-state index contributed by atoms with van der Waals surface area (Å²) in [5.74, 6) is 0. The minimum Gasteiger partial charge on any atom is -0.279 e. The molecule has 0 unspecified atom stereocenters. The van der Waals surface area contributed by atoms with Gasteiger partial charge >= 0.3 is 5.69 Å². The van der Waals surface area contributed by atoms with Gasteiger partial charge in [-0.3, -0.25) is 39.3 Å². The molecular formula is C35H28N6O4. The van der Waals surface area contributed by atoms with Crippen molar-refractivity contribution in [2.75, 3.05) is 34.7 Å². The zero-order valence-corrected chi connectivity index (χ0v) is 24.5. The topological polar surface area (TPSA) is 87.4 Å². The molecule has 45 heavy (non-hydrogen) atoms. The van der Waals surface area contributed by atoms with Crippen LogP contribution in [0.4, 0.5) is 34.1 Å². The molecular weight excluding hydrogens is 568 g/mol. The van der Waals surface area contributed by atoms with Gasteiger partial charge in [0.2, 0.25) is 0 Å². The summed E-state index contributed by atoms with van der Waals surface area (Å²) in [6.07, 6.45) is 0. The highest BCUT2D eigenvalue weighted by molar-refractivity contribution is 5.94. The average molecular weight is 597 g/mol. The lowest BCUT2D eigenvalue weighted by Crippen LogP contribution is -2.26. The molecule has 1 aromatic heterocycles. The van der Waals surface area contributed by atoms with Crippen LogP contribution in [0.3, 0.4) is 0 Å². The van der Waals surface area contributed by atoms with Crippen LogP contribution in [-0.2, 0) is 9.68 Å². The van der Waals surface area contributed by atoms with Crippen molar-refractivity contribution in [3.05, 3.63) is 132 Å². The summed E-state index contributed by atoms with van der Waals surface area (Å²) < 4.78 is 3.28. The molecule has 0 fully saturated rings. The smallest absolute Gasteiger partial charge is 0.279 e. The Morgan fingerprint density at radius 1 is 0.644 bits per heavy atom. The van der Waals surface area contributed by atoms with Crippen molar-refractivity contribution in [2.24, 2.45) is 0 Å². The fourth-order valence-corrected chi connectivity index (χ4v) is 5.61. The summed E-state index contributed by atoms with van der Waals surface area (Å²) in [4.78, 5) is 28.6. The minimum atomic E-state index is -0.284. The SMILES string of the molecule is CONc1cc(N(O)OC)c(N2C#CN(c3ccccc3)c3ccccc32)cc1-n1c(=O)n(-c2ccccc2)c2ccccc21. The molecule has 10 heteroatoms. The van der Waals surface area contributed by atoms with Crippen LogP contribution in [0.5, 0.6) is 0 Å². The van der Waals surface area contributed by atoms with Crippen molar-refractivity contribution in [3.63, 3.8) is 0 Å². The number of hydrogen-bond donors (Lipinski definition) is 2. The van der Waals surface area contributed by atoms with Gasteiger partial charge in [0.15, 0.2) is 0 Å². The van der Waals surface area contributed by atoms with E-state index in [1.807, 2.05) is 114 Å². The fourth-order valence-electron chi connectivity index (χ4n) is 5.61. The number of nitrogens with zero attached hydrogens (tertiary/aromatic N) is 5. The van der Waals surface area contributed by atoms with Crippen LogP contribution in [0.2, 0.25) is 0 Å². The van der Waals surface area contributed by atoms with Gasteiger partial charge < -0.3 is 0 Å². The zero-order chi connectivity index (χ0) is 30.9. The molecule has 0 amide bonds. The predicted molar refractivity (Wildman–Crippen MR) is 176 cm³/mol.